The second-order valence-electron chi connectivity index (χ2n) is 5.18. The predicted octanol–water partition coefficient (Wildman–Crippen LogP) is -4.56. The maximum atomic E-state index is 11.5. The van der Waals surface area contributed by atoms with Crippen LogP contribution in [0.5, 0.6) is 6.01 Å². The van der Waals surface area contributed by atoms with Crippen LogP contribution >= 0.6 is 0 Å². The number of quaternary nitrogens is 1. The first-order valence-corrected chi connectivity index (χ1v) is 8.45. The summed E-state index contributed by atoms with van der Waals surface area (Å²) in [6.45, 7) is 4.62. The van der Waals surface area contributed by atoms with Gasteiger partial charge in [-0.1, -0.05) is 6.92 Å². The molecule has 2 rings (SSSR count). The Labute approximate surface area is 146 Å². The molecule has 0 aromatic carbocycles. The average Bonchev–Trinajstić information content (AvgIpc) is 2.53. The van der Waals surface area contributed by atoms with Gasteiger partial charge in [-0.2, -0.15) is 4.98 Å². The van der Waals surface area contributed by atoms with E-state index in [2.05, 4.69) is 20.3 Å². The van der Waals surface area contributed by atoms with E-state index in [-0.39, 0.29) is 17.9 Å². The smallest absolute Gasteiger partial charge is 0.336 e. The van der Waals surface area contributed by atoms with E-state index in [1.165, 1.54) is 7.11 Å². The van der Waals surface area contributed by atoms with E-state index >= 15 is 0 Å². The minimum Gasteiger partial charge on any atom is -0.467 e. The molecule has 0 aliphatic carbocycles. The first kappa shape index (κ1) is 21.4. The van der Waals surface area contributed by atoms with Crippen LogP contribution in [0, 0.1) is 10.2 Å². The molecule has 13 heteroatoms. The fourth-order valence-electron chi connectivity index (χ4n) is 1.89. The van der Waals surface area contributed by atoms with E-state index in [0.29, 0.717) is 30.1 Å². The number of hydrogen-bond acceptors (Lipinski definition) is 10. The Hall–Kier alpha value is -1.67. The molecular weight excluding hydrogens is 362 g/mol. The summed E-state index contributed by atoms with van der Waals surface area (Å²) < 4.78 is 45.0. The van der Waals surface area contributed by atoms with E-state index in [9.17, 15) is 4.79 Å². The molecule has 1 aromatic rings. The van der Waals surface area contributed by atoms with E-state index in [0.717, 1.165) is 13.1 Å². The highest BCUT2D eigenvalue weighted by molar-refractivity contribution is 5.88. The summed E-state index contributed by atoms with van der Waals surface area (Å²) in [4.78, 5) is 24.2. The van der Waals surface area contributed by atoms with Crippen molar-refractivity contribution in [1.29, 1.82) is 0 Å². The SMILES string of the molecule is CCC(=O)Nc1nc(OC)nc([N+]2(C)CCOCC2)n1.[O-][Cl+3]([O-])([O-])[O-]. The van der Waals surface area contributed by atoms with Crippen LogP contribution < -0.4 is 33.2 Å². The van der Waals surface area contributed by atoms with Gasteiger partial charge in [0, 0.05) is 6.42 Å². The zero-order valence-corrected chi connectivity index (χ0v) is 14.8. The van der Waals surface area contributed by atoms with Crippen LogP contribution in [0.15, 0.2) is 0 Å². The number of carbonyl (C=O) groups is 1. The van der Waals surface area contributed by atoms with Gasteiger partial charge in [0.2, 0.25) is 11.9 Å². The molecule has 0 radical (unpaired) electrons. The number of nitrogens with one attached hydrogen (secondary N) is 1. The number of nitrogens with zero attached hydrogens (tertiary/aromatic N) is 4. The Kier molecular flexibility index (Phi) is 7.82. The van der Waals surface area contributed by atoms with Gasteiger partial charge < -0.3 is 9.47 Å². The molecule has 25 heavy (non-hydrogen) atoms. The molecule has 1 saturated heterocycles. The molecule has 0 atom stereocenters. The van der Waals surface area contributed by atoms with Crippen molar-refractivity contribution in [2.24, 2.45) is 0 Å². The van der Waals surface area contributed by atoms with Gasteiger partial charge in [0.25, 0.3) is 0 Å². The predicted molar refractivity (Wildman–Crippen MR) is 73.6 cm³/mol. The van der Waals surface area contributed by atoms with Crippen molar-refractivity contribution < 1.29 is 43.1 Å². The first-order valence-electron chi connectivity index (χ1n) is 7.22. The monoisotopic (exact) mass is 381 g/mol. The van der Waals surface area contributed by atoms with Crippen molar-refractivity contribution in [3.8, 4) is 6.01 Å². The third kappa shape index (κ3) is 7.83. The third-order valence-corrected chi connectivity index (χ3v) is 3.30. The number of morpholine rings is 1. The molecule has 1 aliphatic rings. The van der Waals surface area contributed by atoms with Gasteiger partial charge in [-0.3, -0.25) is 14.6 Å². The van der Waals surface area contributed by atoms with Gasteiger partial charge in [0.1, 0.15) is 13.1 Å². The summed E-state index contributed by atoms with van der Waals surface area (Å²) in [7, 11) is -1.42. The van der Waals surface area contributed by atoms with Crippen LogP contribution in [0.3, 0.4) is 0 Å². The number of likely N-dealkylation sites (N-methyl/N-ethyl adjacent to an activating group) is 1. The maximum Gasteiger partial charge on any atom is 0.336 e. The summed E-state index contributed by atoms with van der Waals surface area (Å²) in [5.74, 6) is 0.657. The lowest BCUT2D eigenvalue weighted by Gasteiger charge is -2.34. The minimum atomic E-state index is -4.94. The van der Waals surface area contributed by atoms with E-state index in [1.807, 2.05) is 7.05 Å². The zero-order chi connectivity index (χ0) is 19.1. The highest BCUT2D eigenvalue weighted by atomic mass is 35.7. The molecule has 142 valence electrons. The lowest BCUT2D eigenvalue weighted by atomic mass is 10.4. The molecule has 1 fully saturated rings. The summed E-state index contributed by atoms with van der Waals surface area (Å²) in [5.41, 5.74) is 0. The van der Waals surface area contributed by atoms with Gasteiger partial charge in [0.05, 0.1) is 27.4 Å². The minimum absolute atomic E-state index is 0.145. The molecular formula is C12H20ClN5O7. The number of methoxy groups -OCH3 is 1. The number of carbonyl (C=O) groups excluding carboxylic acids is 1. The number of aromatic nitrogens is 3. The van der Waals surface area contributed by atoms with Gasteiger partial charge in [0.15, 0.2) is 0 Å². The second kappa shape index (κ2) is 9.15. The number of hydrogen-bond donors (Lipinski definition) is 1. The molecule has 0 unspecified atom stereocenters. The number of rotatable bonds is 4. The number of halogens is 1. The topological polar surface area (TPSA) is 178 Å². The molecule has 12 nitrogen and oxygen atoms in total. The Morgan fingerprint density at radius 1 is 1.24 bits per heavy atom. The largest absolute Gasteiger partial charge is 0.467 e. The Morgan fingerprint density at radius 3 is 2.28 bits per heavy atom. The first-order chi connectivity index (χ1) is 11.6. The van der Waals surface area contributed by atoms with Crippen LogP contribution in [0.1, 0.15) is 13.3 Å². The molecule has 0 saturated carbocycles. The maximum absolute atomic E-state index is 11.5. The van der Waals surface area contributed by atoms with Crippen molar-refractivity contribution in [2.45, 2.75) is 13.3 Å². The Balaban J connectivity index is 0.000000550. The molecule has 1 aromatic heterocycles. The summed E-state index contributed by atoms with van der Waals surface area (Å²) in [6, 6.07) is 0.201. The van der Waals surface area contributed by atoms with Gasteiger partial charge in [-0.15, -0.1) is 20.2 Å². The van der Waals surface area contributed by atoms with Crippen molar-refractivity contribution in [1.82, 2.24) is 19.4 Å². The van der Waals surface area contributed by atoms with E-state index < -0.39 is 10.2 Å². The van der Waals surface area contributed by atoms with E-state index in [1.54, 1.807) is 6.92 Å². The van der Waals surface area contributed by atoms with Crippen molar-refractivity contribution in [2.75, 3.05) is 45.8 Å². The average molecular weight is 382 g/mol. The van der Waals surface area contributed by atoms with Crippen LogP contribution in [0.4, 0.5) is 11.9 Å². The van der Waals surface area contributed by atoms with Gasteiger partial charge >= 0.3 is 12.0 Å². The van der Waals surface area contributed by atoms with Crippen LogP contribution in [0.2, 0.25) is 0 Å². The summed E-state index contributed by atoms with van der Waals surface area (Å²) in [5, 5.41) is 2.64. The molecule has 0 spiro atoms. The molecule has 0 bridgehead atoms. The molecule has 1 amide bonds. The molecule has 2 heterocycles. The highest BCUT2D eigenvalue weighted by Gasteiger charge is 2.32. The zero-order valence-electron chi connectivity index (χ0n) is 14.1. The van der Waals surface area contributed by atoms with Crippen molar-refractivity contribution in [3.05, 3.63) is 0 Å². The van der Waals surface area contributed by atoms with Gasteiger partial charge in [-0.05, 0) is 0 Å². The van der Waals surface area contributed by atoms with E-state index in [4.69, 9.17) is 28.1 Å². The molecule has 1 N–H and O–H groups in total. The Bertz CT molecular complexity index is 571. The van der Waals surface area contributed by atoms with Crippen LogP contribution in [-0.4, -0.2) is 61.3 Å². The van der Waals surface area contributed by atoms with Gasteiger partial charge in [-0.25, -0.2) is 18.6 Å². The molecule has 1 aliphatic heterocycles. The Morgan fingerprint density at radius 2 is 1.80 bits per heavy atom. The lowest BCUT2D eigenvalue weighted by Crippen LogP contribution is -2.68. The van der Waals surface area contributed by atoms with Crippen molar-refractivity contribution in [3.63, 3.8) is 0 Å². The highest BCUT2D eigenvalue weighted by Crippen LogP contribution is 2.21. The second-order valence-corrected chi connectivity index (χ2v) is 5.94. The van der Waals surface area contributed by atoms with Crippen LogP contribution in [-0.2, 0) is 9.53 Å². The summed E-state index contributed by atoms with van der Waals surface area (Å²) in [6.07, 6.45) is 0.364. The number of ether oxygens (including phenoxy) is 2. The lowest BCUT2D eigenvalue weighted by molar-refractivity contribution is -2.00. The van der Waals surface area contributed by atoms with Crippen molar-refractivity contribution >= 4 is 17.8 Å². The third-order valence-electron chi connectivity index (χ3n) is 3.30. The number of anilines is 1. The normalized spacial score (nSPS) is 16.4. The van der Waals surface area contributed by atoms with Crippen LogP contribution in [0.25, 0.3) is 0 Å². The summed E-state index contributed by atoms with van der Waals surface area (Å²) >= 11 is 0. The fraction of sp³-hybridized carbons (Fsp3) is 0.667. The fourth-order valence-corrected chi connectivity index (χ4v) is 1.89. The number of amides is 1. The standard InChI is InChI=1S/C12H19N5O3.ClHO4/c1-4-9(18)13-10-14-11(16-12(15-10)19-3)17(2)5-7-20-8-6-17;2-1(3,4)5/h4-8H2,1-3H3;(H,2,3,4,5). The quantitative estimate of drug-likeness (QED) is 0.499.